The molecule has 0 atom stereocenters. The van der Waals surface area contributed by atoms with Gasteiger partial charge in [-0.1, -0.05) is 35.9 Å². The maximum atomic E-state index is 12.4. The van der Waals surface area contributed by atoms with Gasteiger partial charge in [0.05, 0.1) is 12.2 Å². The maximum Gasteiger partial charge on any atom is 0.573 e. The lowest BCUT2D eigenvalue weighted by Crippen LogP contribution is -2.19. The number of imidazole rings is 1. The molecular weight excluding hydrogens is 419 g/mol. The van der Waals surface area contributed by atoms with Gasteiger partial charge in [0.2, 0.25) is 5.78 Å². The van der Waals surface area contributed by atoms with Crippen molar-refractivity contribution in [1.29, 1.82) is 0 Å². The molecule has 0 saturated heterocycles. The molecule has 0 aliphatic carbocycles. The van der Waals surface area contributed by atoms with Crippen molar-refractivity contribution in [1.82, 2.24) is 14.0 Å². The highest BCUT2D eigenvalue weighted by Crippen LogP contribution is 2.24. The van der Waals surface area contributed by atoms with E-state index in [2.05, 4.69) is 9.72 Å². The Hall–Kier alpha value is -3.26. The minimum absolute atomic E-state index is 0.222. The summed E-state index contributed by atoms with van der Waals surface area (Å²) < 4.78 is 44.2. The maximum absolute atomic E-state index is 12.4. The van der Waals surface area contributed by atoms with Crippen LogP contribution in [0.25, 0.3) is 17.0 Å². The topological polar surface area (TPSA) is 48.5 Å². The zero-order valence-corrected chi connectivity index (χ0v) is 16.4. The number of fused-ring (bicyclic) bond motifs is 1. The van der Waals surface area contributed by atoms with E-state index in [1.165, 1.54) is 34.7 Å². The van der Waals surface area contributed by atoms with Gasteiger partial charge in [0.25, 0.3) is 5.56 Å². The zero-order valence-electron chi connectivity index (χ0n) is 15.7. The number of aryl methyl sites for hydroxylation is 1. The predicted molar refractivity (Wildman–Crippen MR) is 107 cm³/mol. The molecule has 2 aromatic heterocycles. The molecule has 2 aromatic carbocycles. The van der Waals surface area contributed by atoms with E-state index < -0.39 is 6.36 Å². The fraction of sp³-hybridized carbons (Fsp3) is 0.143. The molecule has 0 radical (unpaired) electrons. The number of ether oxygens (including phenoxy) is 1. The van der Waals surface area contributed by atoms with Crippen LogP contribution in [0.2, 0.25) is 5.02 Å². The molecule has 0 bridgehead atoms. The third kappa shape index (κ3) is 4.18. The average molecular weight is 434 g/mol. The summed E-state index contributed by atoms with van der Waals surface area (Å²) in [5, 5.41) is 0.593. The summed E-state index contributed by atoms with van der Waals surface area (Å²) >= 11 is 5.93. The summed E-state index contributed by atoms with van der Waals surface area (Å²) in [5.41, 5.74) is 2.60. The first kappa shape index (κ1) is 20.0. The molecule has 5 nitrogen and oxygen atoms in total. The van der Waals surface area contributed by atoms with Crippen molar-refractivity contribution >= 4 is 17.4 Å². The van der Waals surface area contributed by atoms with Gasteiger partial charge in [-0.05, 0) is 36.8 Å². The second kappa shape index (κ2) is 7.53. The fourth-order valence-electron chi connectivity index (χ4n) is 3.14. The highest BCUT2D eigenvalue weighted by molar-refractivity contribution is 6.30. The van der Waals surface area contributed by atoms with Crippen LogP contribution in [0, 0.1) is 6.92 Å². The summed E-state index contributed by atoms with van der Waals surface area (Å²) in [4.78, 5) is 17.1. The van der Waals surface area contributed by atoms with Crippen LogP contribution < -0.4 is 10.3 Å². The van der Waals surface area contributed by atoms with Gasteiger partial charge in [-0.2, -0.15) is 0 Å². The van der Waals surface area contributed by atoms with Gasteiger partial charge in [-0.3, -0.25) is 9.20 Å². The Balaban J connectivity index is 1.71. The van der Waals surface area contributed by atoms with Crippen molar-refractivity contribution in [2.75, 3.05) is 0 Å². The zero-order chi connectivity index (χ0) is 21.5. The lowest BCUT2D eigenvalue weighted by Gasteiger charge is -2.13. The number of aromatic nitrogens is 3. The smallest absolute Gasteiger partial charge is 0.406 e. The van der Waals surface area contributed by atoms with Crippen molar-refractivity contribution in [3.05, 3.63) is 87.4 Å². The van der Waals surface area contributed by atoms with Crippen LogP contribution in [0.1, 0.15) is 11.3 Å². The molecule has 0 fully saturated rings. The van der Waals surface area contributed by atoms with Gasteiger partial charge in [0.15, 0.2) is 0 Å². The Morgan fingerprint density at radius 2 is 1.73 bits per heavy atom. The van der Waals surface area contributed by atoms with Gasteiger partial charge in [-0.25, -0.2) is 4.98 Å². The Morgan fingerprint density at radius 3 is 2.37 bits per heavy atom. The number of alkyl halides is 3. The van der Waals surface area contributed by atoms with E-state index in [0.29, 0.717) is 28.7 Å². The largest absolute Gasteiger partial charge is 0.573 e. The molecule has 0 N–H and O–H groups in total. The van der Waals surface area contributed by atoms with Crippen molar-refractivity contribution < 1.29 is 17.9 Å². The highest BCUT2D eigenvalue weighted by atomic mass is 35.5. The molecule has 4 rings (SSSR count). The molecule has 30 heavy (non-hydrogen) atoms. The van der Waals surface area contributed by atoms with E-state index in [9.17, 15) is 18.0 Å². The van der Waals surface area contributed by atoms with Crippen molar-refractivity contribution in [2.24, 2.45) is 0 Å². The van der Waals surface area contributed by atoms with Crippen LogP contribution in [0.3, 0.4) is 0 Å². The predicted octanol–water partition coefficient (Wildman–Crippen LogP) is 5.07. The highest BCUT2D eigenvalue weighted by Gasteiger charge is 2.30. The van der Waals surface area contributed by atoms with Crippen LogP contribution in [0.15, 0.2) is 65.6 Å². The SMILES string of the molecule is Cc1cc(=O)n2cc(-c3ccc(Cl)cc3)nc2n1Cc1ccc(OC(F)(F)F)cc1. The van der Waals surface area contributed by atoms with Crippen LogP contribution in [0.5, 0.6) is 5.75 Å². The van der Waals surface area contributed by atoms with Gasteiger partial charge in [0.1, 0.15) is 5.75 Å². The first-order chi connectivity index (χ1) is 14.2. The quantitative estimate of drug-likeness (QED) is 0.451. The molecule has 154 valence electrons. The molecule has 0 spiro atoms. The summed E-state index contributed by atoms with van der Waals surface area (Å²) in [6.07, 6.45) is -3.09. The number of rotatable bonds is 4. The molecule has 2 heterocycles. The summed E-state index contributed by atoms with van der Waals surface area (Å²) in [6, 6.07) is 14.2. The van der Waals surface area contributed by atoms with Crippen molar-refractivity contribution in [3.63, 3.8) is 0 Å². The van der Waals surface area contributed by atoms with Crippen LogP contribution in [-0.4, -0.2) is 20.3 Å². The normalized spacial score (nSPS) is 11.8. The summed E-state index contributed by atoms with van der Waals surface area (Å²) in [7, 11) is 0. The standard InChI is InChI=1S/C21H15ClF3N3O2/c1-13-10-19(29)28-12-18(15-4-6-16(22)7-5-15)26-20(28)27(13)11-14-2-8-17(9-3-14)30-21(23,24)25/h2-10,12H,11H2,1H3. The van der Waals surface area contributed by atoms with E-state index in [1.807, 2.05) is 16.7 Å². The second-order valence-electron chi connectivity index (χ2n) is 6.70. The minimum atomic E-state index is -4.74. The third-order valence-corrected chi connectivity index (χ3v) is 4.81. The average Bonchev–Trinajstić information content (AvgIpc) is 3.12. The Morgan fingerprint density at radius 1 is 1.07 bits per heavy atom. The van der Waals surface area contributed by atoms with E-state index >= 15 is 0 Å². The van der Waals surface area contributed by atoms with Gasteiger partial charge < -0.3 is 9.30 Å². The molecule has 9 heteroatoms. The number of halogens is 4. The fourth-order valence-corrected chi connectivity index (χ4v) is 3.27. The second-order valence-corrected chi connectivity index (χ2v) is 7.14. The van der Waals surface area contributed by atoms with Crippen molar-refractivity contribution in [2.45, 2.75) is 19.8 Å². The number of nitrogens with zero attached hydrogens (tertiary/aromatic N) is 3. The van der Waals surface area contributed by atoms with Gasteiger partial charge in [0, 0.05) is 28.5 Å². The summed E-state index contributed by atoms with van der Waals surface area (Å²) in [5.74, 6) is 0.138. The number of hydrogen-bond donors (Lipinski definition) is 0. The Labute approximate surface area is 173 Å². The third-order valence-electron chi connectivity index (χ3n) is 4.56. The van der Waals surface area contributed by atoms with Crippen molar-refractivity contribution in [3.8, 4) is 17.0 Å². The van der Waals surface area contributed by atoms with E-state index in [0.717, 1.165) is 11.1 Å². The van der Waals surface area contributed by atoms with Crippen LogP contribution in [0.4, 0.5) is 13.2 Å². The van der Waals surface area contributed by atoms with Crippen LogP contribution in [-0.2, 0) is 6.54 Å². The first-order valence-electron chi connectivity index (χ1n) is 8.90. The Bertz CT molecular complexity index is 1260. The Kier molecular flexibility index (Phi) is 5.03. The molecule has 0 aliphatic heterocycles. The molecular formula is C21H15ClF3N3O2. The molecule has 4 aromatic rings. The lowest BCUT2D eigenvalue weighted by atomic mass is 10.2. The lowest BCUT2D eigenvalue weighted by molar-refractivity contribution is -0.274. The molecule has 0 aliphatic rings. The van der Waals surface area contributed by atoms with Gasteiger partial charge in [-0.15, -0.1) is 13.2 Å². The van der Waals surface area contributed by atoms with Gasteiger partial charge >= 0.3 is 6.36 Å². The van der Waals surface area contributed by atoms with Crippen LogP contribution >= 0.6 is 11.6 Å². The molecule has 0 amide bonds. The minimum Gasteiger partial charge on any atom is -0.406 e. The number of hydrogen-bond acceptors (Lipinski definition) is 3. The number of benzene rings is 2. The molecule has 0 saturated carbocycles. The summed E-state index contributed by atoms with van der Waals surface area (Å²) in [6.45, 7) is 2.10. The monoisotopic (exact) mass is 433 g/mol. The van der Waals surface area contributed by atoms with E-state index in [1.54, 1.807) is 25.3 Å². The van der Waals surface area contributed by atoms with E-state index in [-0.39, 0.29) is 11.3 Å². The molecule has 0 unspecified atom stereocenters. The first-order valence-corrected chi connectivity index (χ1v) is 9.27. The van der Waals surface area contributed by atoms with E-state index in [4.69, 9.17) is 11.6 Å².